The summed E-state index contributed by atoms with van der Waals surface area (Å²) >= 11 is 0. The van der Waals surface area contributed by atoms with Gasteiger partial charge in [-0.25, -0.2) is 9.18 Å². The summed E-state index contributed by atoms with van der Waals surface area (Å²) in [6.45, 7) is 1.73. The Kier molecular flexibility index (Phi) is 6.72. The van der Waals surface area contributed by atoms with Gasteiger partial charge >= 0.3 is 6.03 Å². The minimum Gasteiger partial charge on any atom is -0.738 e. The van der Waals surface area contributed by atoms with Gasteiger partial charge < -0.3 is 26.3 Å². The number of nitrogens with one attached hydrogen (secondary N) is 3. The maximum Gasteiger partial charge on any atom is 0.323 e. The molecule has 0 atom stereocenters. The van der Waals surface area contributed by atoms with Crippen LogP contribution in [0.1, 0.15) is 16.7 Å². The summed E-state index contributed by atoms with van der Waals surface area (Å²) in [5, 5.41) is 24.0. The van der Waals surface area contributed by atoms with Crippen molar-refractivity contribution in [2.45, 2.75) is 6.92 Å². The third kappa shape index (κ3) is 4.77. The summed E-state index contributed by atoms with van der Waals surface area (Å²) in [6.07, 6.45) is 1.77. The molecule has 2 amide bonds. The van der Waals surface area contributed by atoms with Gasteiger partial charge in [-0.15, -0.1) is 0 Å². The van der Waals surface area contributed by atoms with Crippen molar-refractivity contribution in [1.29, 1.82) is 0 Å². The largest absolute Gasteiger partial charge is 0.738 e. The number of anilines is 4. The van der Waals surface area contributed by atoms with Gasteiger partial charge in [0, 0.05) is 36.5 Å². The van der Waals surface area contributed by atoms with Crippen molar-refractivity contribution >= 4 is 40.6 Å². The lowest BCUT2D eigenvalue weighted by molar-refractivity contribution is 0.262. The average Bonchev–Trinajstić information content (AvgIpc) is 2.93. The van der Waals surface area contributed by atoms with Crippen LogP contribution in [0.2, 0.25) is 0 Å². The normalized spacial score (nSPS) is 12.5. The van der Waals surface area contributed by atoms with E-state index in [1.54, 1.807) is 26.1 Å². The molecule has 0 fully saturated rings. The number of amides is 2. The van der Waals surface area contributed by atoms with Gasteiger partial charge in [0.25, 0.3) is 0 Å². The third-order valence-corrected chi connectivity index (χ3v) is 6.54. The highest BCUT2D eigenvalue weighted by Gasteiger charge is 2.21. The molecule has 1 heterocycles. The summed E-state index contributed by atoms with van der Waals surface area (Å²) in [7, 11) is 3.49. The Morgan fingerprint density at radius 2 is 1.58 bits per heavy atom. The van der Waals surface area contributed by atoms with Crippen molar-refractivity contribution in [2.75, 3.05) is 35.1 Å². The number of rotatable bonds is 5. The molecule has 0 aromatic heterocycles. The van der Waals surface area contributed by atoms with Crippen LogP contribution in [0.25, 0.3) is 22.9 Å². The Morgan fingerprint density at radius 3 is 2.34 bits per heavy atom. The monoisotopic (exact) mass is 508 g/mol. The number of halogens is 1. The van der Waals surface area contributed by atoms with Gasteiger partial charge in [0.15, 0.2) is 0 Å². The first-order chi connectivity index (χ1) is 18.4. The molecule has 0 unspecified atom stereocenters. The van der Waals surface area contributed by atoms with E-state index in [9.17, 15) is 14.4 Å². The molecule has 1 aliphatic rings. The first-order valence-electron chi connectivity index (χ1n) is 12.1. The zero-order valence-electron chi connectivity index (χ0n) is 21.2. The van der Waals surface area contributed by atoms with Crippen LogP contribution in [0, 0.1) is 17.9 Å². The number of aryl methyl sites for hydroxylation is 1. The second-order valence-electron chi connectivity index (χ2n) is 8.99. The smallest absolute Gasteiger partial charge is 0.323 e. The van der Waals surface area contributed by atoms with Crippen LogP contribution in [0.4, 0.5) is 31.9 Å². The lowest BCUT2D eigenvalue weighted by Gasteiger charge is -2.46. The Balaban J connectivity index is 1.44. The quantitative estimate of drug-likeness (QED) is 0.267. The van der Waals surface area contributed by atoms with Crippen LogP contribution in [-0.2, 0) is 0 Å². The standard InChI is InChI=1S/C30H27FN5O2/c1-19-15-25(31)27(34-30(37)33-26-12-8-7-11-23(26)20-9-5-4-6-10-20)18-24(19)29-16-21-13-14-22(32-2)17-28(21)35(3)36(29)38/h4-18,32H,1-3H3,(H2,33,34,37)/q-1. The molecule has 0 spiro atoms. The van der Waals surface area contributed by atoms with Crippen LogP contribution >= 0.6 is 0 Å². The number of fused-ring (bicyclic) bond motifs is 1. The molecule has 0 bridgehead atoms. The van der Waals surface area contributed by atoms with Crippen LogP contribution in [0.5, 0.6) is 0 Å². The molecule has 5 rings (SSSR count). The molecule has 38 heavy (non-hydrogen) atoms. The average molecular weight is 509 g/mol. The summed E-state index contributed by atoms with van der Waals surface area (Å²) in [5.74, 6) is -0.598. The summed E-state index contributed by atoms with van der Waals surface area (Å²) in [5.41, 5.74) is 6.22. The van der Waals surface area contributed by atoms with Crippen molar-refractivity contribution < 1.29 is 9.18 Å². The third-order valence-electron chi connectivity index (χ3n) is 6.54. The molecule has 0 radical (unpaired) electrons. The molecular formula is C30H27FN5O2-. The molecule has 7 nitrogen and oxygen atoms in total. The highest BCUT2D eigenvalue weighted by atomic mass is 19.1. The zero-order valence-corrected chi connectivity index (χ0v) is 21.2. The van der Waals surface area contributed by atoms with Crippen molar-refractivity contribution in [3.63, 3.8) is 0 Å². The van der Waals surface area contributed by atoms with Crippen molar-refractivity contribution in [3.8, 4) is 11.1 Å². The van der Waals surface area contributed by atoms with E-state index in [0.29, 0.717) is 22.5 Å². The van der Waals surface area contributed by atoms with Crippen LogP contribution < -0.4 is 21.0 Å². The molecule has 0 aliphatic carbocycles. The number of hydrogen-bond acceptors (Lipinski definition) is 5. The first-order valence-corrected chi connectivity index (χ1v) is 12.1. The molecule has 0 saturated carbocycles. The number of carbonyl (C=O) groups is 1. The Labute approximate surface area is 220 Å². The minimum absolute atomic E-state index is 0.0337. The summed E-state index contributed by atoms with van der Waals surface area (Å²) in [6, 6.07) is 25.0. The van der Waals surface area contributed by atoms with Crippen LogP contribution in [0.15, 0.2) is 84.9 Å². The zero-order chi connectivity index (χ0) is 26.8. The number of hydrazine groups is 1. The Bertz CT molecular complexity index is 1540. The number of benzene rings is 4. The molecule has 4 aromatic carbocycles. The van der Waals surface area contributed by atoms with E-state index in [1.807, 2.05) is 73.8 Å². The molecule has 4 aromatic rings. The van der Waals surface area contributed by atoms with E-state index in [0.717, 1.165) is 33.2 Å². The fraction of sp³-hybridized carbons (Fsp3) is 0.100. The van der Waals surface area contributed by atoms with Crippen LogP contribution in [-0.4, -0.2) is 25.3 Å². The van der Waals surface area contributed by atoms with E-state index >= 15 is 0 Å². The van der Waals surface area contributed by atoms with Crippen molar-refractivity contribution in [2.24, 2.45) is 0 Å². The fourth-order valence-corrected chi connectivity index (χ4v) is 4.53. The molecule has 1 aliphatic heterocycles. The van der Waals surface area contributed by atoms with Gasteiger partial charge in [-0.1, -0.05) is 54.6 Å². The highest BCUT2D eigenvalue weighted by molar-refractivity contribution is 6.03. The number of urea groups is 1. The van der Waals surface area contributed by atoms with E-state index in [-0.39, 0.29) is 5.69 Å². The van der Waals surface area contributed by atoms with Crippen molar-refractivity contribution in [1.82, 2.24) is 5.17 Å². The second-order valence-corrected chi connectivity index (χ2v) is 8.99. The number of hydrogen-bond donors (Lipinski definition) is 3. The van der Waals surface area contributed by atoms with E-state index in [1.165, 1.54) is 17.1 Å². The van der Waals surface area contributed by atoms with Gasteiger partial charge in [0.1, 0.15) is 5.82 Å². The lowest BCUT2D eigenvalue weighted by atomic mass is 10.00. The number of nitrogens with zero attached hydrogens (tertiary/aromatic N) is 2. The predicted octanol–water partition coefficient (Wildman–Crippen LogP) is 7.15. The van der Waals surface area contributed by atoms with E-state index in [2.05, 4.69) is 16.0 Å². The molecular weight excluding hydrogens is 481 g/mol. The predicted molar refractivity (Wildman–Crippen MR) is 153 cm³/mol. The fourth-order valence-electron chi connectivity index (χ4n) is 4.53. The molecule has 3 N–H and O–H groups in total. The van der Waals surface area contributed by atoms with Gasteiger partial charge in [-0.3, -0.25) is 5.01 Å². The number of para-hydroxylation sites is 1. The lowest BCUT2D eigenvalue weighted by Crippen LogP contribution is -2.36. The topological polar surface area (TPSA) is 82.7 Å². The van der Waals surface area contributed by atoms with E-state index in [4.69, 9.17) is 0 Å². The number of carbonyl (C=O) groups excluding carboxylic acids is 1. The SMILES string of the molecule is CNc1ccc2c(c1)N(C)N([O-])C(c1cc(NC(=O)Nc3ccccc3-c3ccccc3)c(F)cc1C)=C2. The summed E-state index contributed by atoms with van der Waals surface area (Å²) in [4.78, 5) is 12.9. The minimum atomic E-state index is -0.598. The summed E-state index contributed by atoms with van der Waals surface area (Å²) < 4.78 is 15.0. The van der Waals surface area contributed by atoms with Gasteiger partial charge in [-0.05, 0) is 54.5 Å². The maximum absolute atomic E-state index is 15.0. The van der Waals surface area contributed by atoms with E-state index < -0.39 is 11.8 Å². The number of hydroxylamine groups is 1. The second kappa shape index (κ2) is 10.3. The molecule has 8 heteroatoms. The van der Waals surface area contributed by atoms with Gasteiger partial charge in [0.05, 0.1) is 22.8 Å². The highest BCUT2D eigenvalue weighted by Crippen LogP contribution is 2.38. The Hall–Kier alpha value is -4.82. The van der Waals surface area contributed by atoms with Crippen LogP contribution in [0.3, 0.4) is 0 Å². The first kappa shape index (κ1) is 24.9. The van der Waals surface area contributed by atoms with Crippen molar-refractivity contribution in [3.05, 3.63) is 113 Å². The molecule has 0 saturated heterocycles. The maximum atomic E-state index is 15.0. The van der Waals surface area contributed by atoms with Gasteiger partial charge in [0.2, 0.25) is 0 Å². The Morgan fingerprint density at radius 1 is 0.868 bits per heavy atom. The molecule has 192 valence electrons. The van der Waals surface area contributed by atoms with Gasteiger partial charge in [-0.2, -0.15) is 0 Å².